The number of methoxy groups -OCH3 is 2. The summed E-state index contributed by atoms with van der Waals surface area (Å²) >= 11 is 0. The topological polar surface area (TPSA) is 105 Å². The summed E-state index contributed by atoms with van der Waals surface area (Å²) in [5.41, 5.74) is 2.04. The van der Waals surface area contributed by atoms with Gasteiger partial charge in [0.2, 0.25) is 0 Å². The lowest BCUT2D eigenvalue weighted by molar-refractivity contribution is -0.144. The number of nitrogens with zero attached hydrogens (tertiary/aromatic N) is 4. The zero-order valence-corrected chi connectivity index (χ0v) is 18.8. The van der Waals surface area contributed by atoms with Crippen LogP contribution in [-0.4, -0.2) is 45.7 Å². The number of aryl methyl sites for hydroxylation is 2. The molecule has 0 amide bonds. The number of ether oxygens (including phenoxy) is 3. The lowest BCUT2D eigenvalue weighted by Gasteiger charge is -2.12. The minimum absolute atomic E-state index is 0.0666. The molecule has 180 valence electrons. The van der Waals surface area contributed by atoms with Crippen molar-refractivity contribution in [3.05, 3.63) is 52.6 Å². The van der Waals surface area contributed by atoms with E-state index in [4.69, 9.17) is 9.47 Å². The van der Waals surface area contributed by atoms with E-state index in [1.54, 1.807) is 26.0 Å². The predicted molar refractivity (Wildman–Crippen MR) is 113 cm³/mol. The van der Waals surface area contributed by atoms with Gasteiger partial charge in [-0.2, -0.15) is 18.2 Å². The number of esters is 2. The highest BCUT2D eigenvalue weighted by Crippen LogP contribution is 2.30. The second-order valence-corrected chi connectivity index (χ2v) is 7.15. The van der Waals surface area contributed by atoms with Gasteiger partial charge in [-0.15, -0.1) is 5.10 Å². The van der Waals surface area contributed by atoms with Crippen LogP contribution in [0.15, 0.2) is 24.3 Å². The summed E-state index contributed by atoms with van der Waals surface area (Å²) in [5, 5.41) is 3.49. The maximum absolute atomic E-state index is 12.9. The van der Waals surface area contributed by atoms with Crippen LogP contribution in [0.1, 0.15) is 34.8 Å². The van der Waals surface area contributed by atoms with Crippen LogP contribution in [0.3, 0.4) is 0 Å². The van der Waals surface area contributed by atoms with Crippen LogP contribution >= 0.6 is 0 Å². The quantitative estimate of drug-likeness (QED) is 0.289. The SMILES string of the molecule is COC(=O)/C=C/c1ccc(OC(=O)CCc2c(C)nc3nc(C(F)(F)F)nn3c2C)c(OC)c1. The molecule has 0 aliphatic carbocycles. The van der Waals surface area contributed by atoms with Crippen molar-refractivity contribution < 1.29 is 37.0 Å². The fourth-order valence-electron chi connectivity index (χ4n) is 3.20. The molecule has 3 aromatic rings. The van der Waals surface area contributed by atoms with E-state index in [9.17, 15) is 22.8 Å². The summed E-state index contributed by atoms with van der Waals surface area (Å²) in [7, 11) is 2.67. The number of carbonyl (C=O) groups excluding carboxylic acids is 2. The van der Waals surface area contributed by atoms with Crippen molar-refractivity contribution in [2.24, 2.45) is 0 Å². The Morgan fingerprint density at radius 1 is 1.12 bits per heavy atom. The van der Waals surface area contributed by atoms with Gasteiger partial charge in [-0.05, 0) is 49.6 Å². The van der Waals surface area contributed by atoms with E-state index in [1.165, 1.54) is 32.4 Å². The van der Waals surface area contributed by atoms with Crippen molar-refractivity contribution in [2.75, 3.05) is 14.2 Å². The predicted octanol–water partition coefficient (Wildman–Crippen LogP) is 3.49. The summed E-state index contributed by atoms with van der Waals surface area (Å²) in [6.45, 7) is 3.21. The first-order valence-electron chi connectivity index (χ1n) is 9.98. The molecule has 0 bridgehead atoms. The van der Waals surface area contributed by atoms with Crippen molar-refractivity contribution in [1.29, 1.82) is 0 Å². The van der Waals surface area contributed by atoms with Crippen molar-refractivity contribution in [3.63, 3.8) is 0 Å². The van der Waals surface area contributed by atoms with E-state index in [0.29, 0.717) is 22.5 Å². The molecular formula is C22H21F3N4O5. The summed E-state index contributed by atoms with van der Waals surface area (Å²) < 4.78 is 55.0. The molecule has 0 fully saturated rings. The van der Waals surface area contributed by atoms with Gasteiger partial charge in [0, 0.05) is 17.5 Å². The summed E-state index contributed by atoms with van der Waals surface area (Å²) in [6.07, 6.45) is -1.83. The molecule has 0 unspecified atom stereocenters. The molecule has 0 aliphatic heterocycles. The van der Waals surface area contributed by atoms with Crippen molar-refractivity contribution in [2.45, 2.75) is 32.9 Å². The first-order chi connectivity index (χ1) is 16.0. The third-order valence-electron chi connectivity index (χ3n) is 4.91. The number of rotatable bonds is 7. The molecule has 0 saturated heterocycles. The van der Waals surface area contributed by atoms with Gasteiger partial charge in [-0.25, -0.2) is 14.3 Å². The molecule has 9 nitrogen and oxygen atoms in total. The summed E-state index contributed by atoms with van der Waals surface area (Å²) in [6, 6.07) is 4.72. The Labute approximate surface area is 192 Å². The number of halogens is 3. The monoisotopic (exact) mass is 478 g/mol. The minimum atomic E-state index is -4.69. The number of alkyl halides is 3. The number of aromatic nitrogens is 4. The molecule has 0 atom stereocenters. The number of carbonyl (C=O) groups is 2. The van der Waals surface area contributed by atoms with Crippen LogP contribution < -0.4 is 9.47 Å². The van der Waals surface area contributed by atoms with Crippen LogP contribution in [0.5, 0.6) is 11.5 Å². The van der Waals surface area contributed by atoms with Gasteiger partial charge in [0.1, 0.15) is 0 Å². The van der Waals surface area contributed by atoms with Crippen molar-refractivity contribution in [3.8, 4) is 11.5 Å². The highest BCUT2D eigenvalue weighted by Gasteiger charge is 2.37. The normalized spacial score (nSPS) is 11.7. The lowest BCUT2D eigenvalue weighted by atomic mass is 10.1. The molecular weight excluding hydrogens is 457 g/mol. The van der Waals surface area contributed by atoms with Crippen LogP contribution in [0, 0.1) is 13.8 Å². The summed E-state index contributed by atoms with van der Waals surface area (Å²) in [5.74, 6) is -2.09. The van der Waals surface area contributed by atoms with Gasteiger partial charge in [0.25, 0.3) is 11.6 Å². The summed E-state index contributed by atoms with van der Waals surface area (Å²) in [4.78, 5) is 31.2. The molecule has 34 heavy (non-hydrogen) atoms. The maximum atomic E-state index is 12.9. The van der Waals surface area contributed by atoms with Gasteiger partial charge in [0.05, 0.1) is 20.6 Å². The Morgan fingerprint density at radius 2 is 1.85 bits per heavy atom. The highest BCUT2D eigenvalue weighted by atomic mass is 19.4. The molecule has 0 N–H and O–H groups in total. The largest absolute Gasteiger partial charge is 0.493 e. The molecule has 1 aromatic carbocycles. The second kappa shape index (κ2) is 9.89. The second-order valence-electron chi connectivity index (χ2n) is 7.15. The Bertz CT molecular complexity index is 1270. The molecule has 3 rings (SSSR count). The van der Waals surface area contributed by atoms with Gasteiger partial charge < -0.3 is 14.2 Å². The zero-order chi connectivity index (χ0) is 25.0. The number of benzene rings is 1. The van der Waals surface area contributed by atoms with Crippen LogP contribution in [0.4, 0.5) is 13.2 Å². The lowest BCUT2D eigenvalue weighted by Crippen LogP contribution is -2.13. The zero-order valence-electron chi connectivity index (χ0n) is 18.8. The van der Waals surface area contributed by atoms with E-state index in [0.717, 1.165) is 4.52 Å². The van der Waals surface area contributed by atoms with Crippen LogP contribution in [-0.2, 0) is 26.9 Å². The fourth-order valence-corrected chi connectivity index (χ4v) is 3.20. The van der Waals surface area contributed by atoms with Crippen LogP contribution in [0.2, 0.25) is 0 Å². The average Bonchev–Trinajstić information content (AvgIpc) is 3.22. The van der Waals surface area contributed by atoms with Gasteiger partial charge in [-0.3, -0.25) is 4.79 Å². The molecule has 0 spiro atoms. The van der Waals surface area contributed by atoms with Gasteiger partial charge >= 0.3 is 18.1 Å². The third-order valence-corrected chi connectivity index (χ3v) is 4.91. The fraction of sp³-hybridized carbons (Fsp3) is 0.318. The third kappa shape index (κ3) is 5.50. The molecule has 0 aliphatic rings. The van der Waals surface area contributed by atoms with E-state index in [1.807, 2.05) is 0 Å². The Kier molecular flexibility index (Phi) is 7.18. The highest BCUT2D eigenvalue weighted by molar-refractivity contribution is 5.87. The van der Waals surface area contributed by atoms with Gasteiger partial charge in [0.15, 0.2) is 11.5 Å². The van der Waals surface area contributed by atoms with Gasteiger partial charge in [-0.1, -0.05) is 6.07 Å². The Balaban J connectivity index is 1.73. The Morgan fingerprint density at radius 3 is 2.50 bits per heavy atom. The number of hydrogen-bond acceptors (Lipinski definition) is 8. The smallest absolute Gasteiger partial charge is 0.453 e. The van der Waals surface area contributed by atoms with Crippen LogP contribution in [0.25, 0.3) is 11.9 Å². The first kappa shape index (κ1) is 24.7. The molecule has 2 aromatic heterocycles. The van der Waals surface area contributed by atoms with Crippen molar-refractivity contribution in [1.82, 2.24) is 19.6 Å². The molecule has 0 radical (unpaired) electrons. The number of fused-ring (bicyclic) bond motifs is 1. The Hall–Kier alpha value is -3.96. The van der Waals surface area contributed by atoms with E-state index in [-0.39, 0.29) is 30.1 Å². The maximum Gasteiger partial charge on any atom is 0.453 e. The standard InChI is InChI=1S/C22H21F3N4O5/c1-12-15(13(2)29-21(26-12)27-20(28-29)22(23,24)25)7-10-19(31)34-16-8-5-14(11-17(16)32-3)6-9-18(30)33-4/h5-6,8-9,11H,7,10H2,1-4H3/b9-6+. The molecule has 2 heterocycles. The van der Waals surface area contributed by atoms with E-state index >= 15 is 0 Å². The minimum Gasteiger partial charge on any atom is -0.493 e. The first-order valence-corrected chi connectivity index (χ1v) is 9.98. The average molecular weight is 478 g/mol. The van der Waals surface area contributed by atoms with Crippen molar-refractivity contribution >= 4 is 23.8 Å². The molecule has 0 saturated carbocycles. The van der Waals surface area contributed by atoms with E-state index in [2.05, 4.69) is 19.8 Å². The van der Waals surface area contributed by atoms with E-state index < -0.39 is 23.9 Å². The number of hydrogen-bond donors (Lipinski definition) is 0. The molecule has 12 heteroatoms.